The third-order valence-corrected chi connectivity index (χ3v) is 9.16. The molecule has 0 aliphatic heterocycles. The third kappa shape index (κ3) is 2.98. The van der Waals surface area contributed by atoms with Crippen molar-refractivity contribution in [1.29, 1.82) is 0 Å². The van der Waals surface area contributed by atoms with Crippen molar-refractivity contribution in [3.05, 3.63) is 126 Å². The number of thiophene rings is 1. The summed E-state index contributed by atoms with van der Waals surface area (Å²) in [5.41, 5.74) is 8.97. The fraction of sp³-hybridized carbons (Fsp3) is 0.0556. The molecule has 0 N–H and O–H groups in total. The molecule has 0 saturated carbocycles. The molecule has 0 spiro atoms. The van der Waals surface area contributed by atoms with Crippen LogP contribution in [-0.4, -0.2) is 4.57 Å². The maximum absolute atomic E-state index is 2.46. The van der Waals surface area contributed by atoms with E-state index in [9.17, 15) is 0 Å². The van der Waals surface area contributed by atoms with Crippen LogP contribution in [0.5, 0.6) is 0 Å². The predicted molar refractivity (Wildman–Crippen MR) is 166 cm³/mol. The Kier molecular flexibility index (Phi) is 4.59. The first-order valence-electron chi connectivity index (χ1n) is 13.1. The molecule has 2 heterocycles. The van der Waals surface area contributed by atoms with E-state index < -0.39 is 0 Å². The summed E-state index contributed by atoms with van der Waals surface area (Å²) in [5, 5.41) is 7.99. The summed E-state index contributed by atoms with van der Waals surface area (Å²) >= 11 is 1.90. The van der Waals surface area contributed by atoms with Crippen LogP contribution in [0.25, 0.3) is 69.6 Å². The lowest BCUT2D eigenvalue weighted by atomic mass is 9.90. The number of para-hydroxylation sites is 2. The van der Waals surface area contributed by atoms with Crippen molar-refractivity contribution in [2.45, 2.75) is 13.8 Å². The molecule has 0 amide bonds. The highest BCUT2D eigenvalue weighted by molar-refractivity contribution is 7.26. The molecule has 6 aromatic carbocycles. The lowest BCUT2D eigenvalue weighted by Gasteiger charge is -2.14. The Balaban J connectivity index is 1.52. The predicted octanol–water partition coefficient (Wildman–Crippen LogP) is 10.6. The molecular weight excluding hydrogens is 478 g/mol. The van der Waals surface area contributed by atoms with Crippen molar-refractivity contribution in [2.75, 3.05) is 0 Å². The van der Waals surface area contributed by atoms with E-state index in [1.807, 2.05) is 11.3 Å². The van der Waals surface area contributed by atoms with Crippen LogP contribution in [0.4, 0.5) is 0 Å². The minimum absolute atomic E-state index is 1.19. The average Bonchev–Trinajstić information content (AvgIpc) is 3.48. The number of aryl methyl sites for hydroxylation is 2. The van der Waals surface area contributed by atoms with Crippen molar-refractivity contribution >= 4 is 64.1 Å². The molecule has 0 aliphatic carbocycles. The highest BCUT2D eigenvalue weighted by Gasteiger charge is 2.20. The van der Waals surface area contributed by atoms with E-state index >= 15 is 0 Å². The van der Waals surface area contributed by atoms with Crippen LogP contribution in [0.1, 0.15) is 11.1 Å². The Bertz CT molecular complexity index is 2190. The summed E-state index contributed by atoms with van der Waals surface area (Å²) in [6, 6.07) is 42.3. The fourth-order valence-corrected chi connectivity index (χ4v) is 7.53. The highest BCUT2D eigenvalue weighted by Crippen LogP contribution is 2.45. The van der Waals surface area contributed by atoms with E-state index in [1.54, 1.807) is 0 Å². The van der Waals surface area contributed by atoms with Gasteiger partial charge in [0, 0.05) is 36.6 Å². The van der Waals surface area contributed by atoms with Gasteiger partial charge in [0.2, 0.25) is 0 Å². The minimum Gasteiger partial charge on any atom is -0.309 e. The molecule has 2 heteroatoms. The first-order chi connectivity index (χ1) is 18.7. The standard InChI is InChI=1S/C36H25NS/c1-22-16-18-31-36(27-14-8-9-15-30(27)37(31)25-11-4-3-5-12-25)34(22)28-21-29-33(20-23(28)2)38-32-19-17-24-10-6-7-13-26(24)35(29)32/h3-21H,1-2H3. The van der Waals surface area contributed by atoms with Gasteiger partial charge in [-0.3, -0.25) is 0 Å². The van der Waals surface area contributed by atoms with E-state index in [2.05, 4.69) is 134 Å². The Morgan fingerprint density at radius 2 is 1.29 bits per heavy atom. The molecule has 0 aliphatic rings. The molecule has 180 valence electrons. The highest BCUT2D eigenvalue weighted by atomic mass is 32.1. The van der Waals surface area contributed by atoms with Gasteiger partial charge in [-0.2, -0.15) is 0 Å². The van der Waals surface area contributed by atoms with E-state index in [4.69, 9.17) is 0 Å². The smallest absolute Gasteiger partial charge is 0.0547 e. The molecule has 2 aromatic heterocycles. The summed E-state index contributed by atoms with van der Waals surface area (Å²) in [6.07, 6.45) is 0. The zero-order valence-electron chi connectivity index (χ0n) is 21.3. The maximum atomic E-state index is 2.46. The molecule has 8 aromatic rings. The number of hydrogen-bond donors (Lipinski definition) is 0. The Morgan fingerprint density at radius 1 is 0.526 bits per heavy atom. The largest absolute Gasteiger partial charge is 0.309 e. The zero-order valence-corrected chi connectivity index (χ0v) is 22.1. The Hall–Kier alpha value is -4.40. The molecule has 0 bridgehead atoms. The van der Waals surface area contributed by atoms with Gasteiger partial charge in [-0.25, -0.2) is 0 Å². The first-order valence-corrected chi connectivity index (χ1v) is 13.9. The normalized spacial score (nSPS) is 11.9. The third-order valence-electron chi connectivity index (χ3n) is 8.04. The van der Waals surface area contributed by atoms with E-state index in [0.717, 1.165) is 0 Å². The van der Waals surface area contributed by atoms with Crippen molar-refractivity contribution < 1.29 is 0 Å². The van der Waals surface area contributed by atoms with Gasteiger partial charge in [0.15, 0.2) is 0 Å². The molecule has 0 unspecified atom stereocenters. The summed E-state index contributed by atoms with van der Waals surface area (Å²) in [5.74, 6) is 0. The molecule has 8 rings (SSSR count). The Morgan fingerprint density at radius 3 is 2.16 bits per heavy atom. The van der Waals surface area contributed by atoms with Crippen LogP contribution < -0.4 is 0 Å². The molecule has 0 atom stereocenters. The second-order valence-corrected chi connectivity index (χ2v) is 11.3. The van der Waals surface area contributed by atoms with Gasteiger partial charge in [-0.15, -0.1) is 11.3 Å². The summed E-state index contributed by atoms with van der Waals surface area (Å²) < 4.78 is 5.12. The molecular formula is C36H25NS. The minimum atomic E-state index is 1.19. The van der Waals surface area contributed by atoms with Gasteiger partial charge in [0.25, 0.3) is 0 Å². The number of nitrogens with zero attached hydrogens (tertiary/aromatic N) is 1. The Labute approximate surface area is 225 Å². The lowest BCUT2D eigenvalue weighted by Crippen LogP contribution is -1.94. The van der Waals surface area contributed by atoms with Crippen LogP contribution in [0.15, 0.2) is 115 Å². The van der Waals surface area contributed by atoms with Gasteiger partial charge >= 0.3 is 0 Å². The molecule has 0 fully saturated rings. The fourth-order valence-electron chi connectivity index (χ4n) is 6.33. The van der Waals surface area contributed by atoms with Gasteiger partial charge in [0.05, 0.1) is 11.0 Å². The van der Waals surface area contributed by atoms with Crippen LogP contribution in [-0.2, 0) is 0 Å². The van der Waals surface area contributed by atoms with Crippen molar-refractivity contribution in [1.82, 2.24) is 4.57 Å². The summed E-state index contributed by atoms with van der Waals surface area (Å²) in [4.78, 5) is 0. The molecule has 0 radical (unpaired) electrons. The van der Waals surface area contributed by atoms with E-state index in [-0.39, 0.29) is 0 Å². The average molecular weight is 504 g/mol. The van der Waals surface area contributed by atoms with Gasteiger partial charge in [0.1, 0.15) is 0 Å². The second-order valence-electron chi connectivity index (χ2n) is 10.3. The second kappa shape index (κ2) is 8.05. The monoisotopic (exact) mass is 503 g/mol. The quantitative estimate of drug-likeness (QED) is 0.221. The summed E-state index contributed by atoms with van der Waals surface area (Å²) in [7, 11) is 0. The summed E-state index contributed by atoms with van der Waals surface area (Å²) in [6.45, 7) is 4.53. The number of rotatable bonds is 2. The van der Waals surface area contributed by atoms with Crippen LogP contribution in [0.3, 0.4) is 0 Å². The van der Waals surface area contributed by atoms with Gasteiger partial charge < -0.3 is 4.57 Å². The van der Waals surface area contributed by atoms with E-state index in [0.29, 0.717) is 0 Å². The lowest BCUT2D eigenvalue weighted by molar-refractivity contribution is 1.18. The molecule has 1 nitrogen and oxygen atoms in total. The maximum Gasteiger partial charge on any atom is 0.0547 e. The van der Waals surface area contributed by atoms with Crippen LogP contribution >= 0.6 is 11.3 Å². The molecule has 38 heavy (non-hydrogen) atoms. The van der Waals surface area contributed by atoms with Crippen LogP contribution in [0, 0.1) is 13.8 Å². The number of hydrogen-bond acceptors (Lipinski definition) is 1. The zero-order chi connectivity index (χ0) is 25.4. The first kappa shape index (κ1) is 21.7. The topological polar surface area (TPSA) is 4.93 Å². The van der Waals surface area contributed by atoms with Crippen molar-refractivity contribution in [2.24, 2.45) is 0 Å². The number of benzene rings is 6. The van der Waals surface area contributed by atoms with Crippen molar-refractivity contribution in [3.63, 3.8) is 0 Å². The van der Waals surface area contributed by atoms with Gasteiger partial charge in [-0.1, -0.05) is 72.8 Å². The van der Waals surface area contributed by atoms with E-state index in [1.165, 1.54) is 80.7 Å². The van der Waals surface area contributed by atoms with Gasteiger partial charge in [-0.05, 0) is 89.3 Å². The molecule has 0 saturated heterocycles. The number of fused-ring (bicyclic) bond motifs is 8. The SMILES string of the molecule is Cc1cc2sc3ccc4ccccc4c3c2cc1-c1c(C)ccc2c1c1ccccc1n2-c1ccccc1. The number of aromatic nitrogens is 1. The van der Waals surface area contributed by atoms with Crippen LogP contribution in [0.2, 0.25) is 0 Å². The van der Waals surface area contributed by atoms with Crippen molar-refractivity contribution in [3.8, 4) is 16.8 Å².